The number of hydrogen-bond acceptors (Lipinski definition) is 4. The fourth-order valence-electron chi connectivity index (χ4n) is 3.09. The van der Waals surface area contributed by atoms with Crippen LogP contribution in [0.15, 0.2) is 47.5 Å². The lowest BCUT2D eigenvalue weighted by Crippen LogP contribution is -2.38. The van der Waals surface area contributed by atoms with Gasteiger partial charge in [-0.1, -0.05) is 37.3 Å². The maximum atomic E-state index is 5.42. The summed E-state index contributed by atoms with van der Waals surface area (Å²) in [5.41, 5.74) is 2.34. The van der Waals surface area contributed by atoms with Crippen molar-refractivity contribution in [1.82, 2.24) is 10.6 Å². The number of rotatable bonds is 9. The second-order valence-corrected chi connectivity index (χ2v) is 6.36. The van der Waals surface area contributed by atoms with E-state index < -0.39 is 0 Å². The molecule has 0 amide bonds. The summed E-state index contributed by atoms with van der Waals surface area (Å²) in [7, 11) is 6.60. The minimum absolute atomic E-state index is 0.431. The van der Waals surface area contributed by atoms with Crippen LogP contribution in [0.25, 0.3) is 0 Å². The Morgan fingerprint density at radius 3 is 2.11 bits per heavy atom. The van der Waals surface area contributed by atoms with E-state index in [4.69, 9.17) is 14.2 Å². The highest BCUT2D eigenvalue weighted by atomic mass is 16.5. The van der Waals surface area contributed by atoms with E-state index in [2.05, 4.69) is 46.8 Å². The van der Waals surface area contributed by atoms with Crippen LogP contribution < -0.4 is 24.8 Å². The third-order valence-electron chi connectivity index (χ3n) is 4.69. The highest BCUT2D eigenvalue weighted by Crippen LogP contribution is 2.38. The highest BCUT2D eigenvalue weighted by Gasteiger charge is 2.14. The van der Waals surface area contributed by atoms with Gasteiger partial charge in [-0.2, -0.15) is 0 Å². The molecule has 1 atom stereocenters. The van der Waals surface area contributed by atoms with Gasteiger partial charge in [-0.05, 0) is 29.7 Å². The van der Waals surface area contributed by atoms with Crippen molar-refractivity contribution in [3.8, 4) is 17.2 Å². The predicted octanol–water partition coefficient (Wildman–Crippen LogP) is 3.57. The van der Waals surface area contributed by atoms with Gasteiger partial charge in [0.1, 0.15) is 0 Å². The lowest BCUT2D eigenvalue weighted by Gasteiger charge is -2.19. The number of ether oxygens (including phenoxy) is 3. The number of benzene rings is 2. The third-order valence-corrected chi connectivity index (χ3v) is 4.69. The Balaban J connectivity index is 2.00. The zero-order valence-corrected chi connectivity index (χ0v) is 17.4. The summed E-state index contributed by atoms with van der Waals surface area (Å²) in [5.74, 6) is 3.04. The topological polar surface area (TPSA) is 64.1 Å². The van der Waals surface area contributed by atoms with Crippen molar-refractivity contribution < 1.29 is 14.2 Å². The number of nitrogens with one attached hydrogen (secondary N) is 2. The van der Waals surface area contributed by atoms with Gasteiger partial charge in [0.15, 0.2) is 17.5 Å². The lowest BCUT2D eigenvalue weighted by molar-refractivity contribution is 0.323. The fraction of sp³-hybridized carbons (Fsp3) is 0.409. The smallest absolute Gasteiger partial charge is 0.203 e. The lowest BCUT2D eigenvalue weighted by atomic mass is 9.97. The van der Waals surface area contributed by atoms with Gasteiger partial charge >= 0.3 is 0 Å². The maximum absolute atomic E-state index is 5.42. The molecule has 0 bridgehead atoms. The van der Waals surface area contributed by atoms with Gasteiger partial charge in [-0.25, -0.2) is 0 Å². The van der Waals surface area contributed by atoms with Crippen LogP contribution in [-0.4, -0.2) is 40.9 Å². The van der Waals surface area contributed by atoms with Crippen molar-refractivity contribution in [2.24, 2.45) is 4.99 Å². The second-order valence-electron chi connectivity index (χ2n) is 6.36. The van der Waals surface area contributed by atoms with Crippen molar-refractivity contribution in [2.45, 2.75) is 25.8 Å². The molecule has 0 saturated heterocycles. The summed E-state index contributed by atoms with van der Waals surface area (Å²) in [6.45, 7) is 3.60. The Kier molecular flexibility index (Phi) is 8.46. The molecule has 0 aliphatic rings. The van der Waals surface area contributed by atoms with Crippen molar-refractivity contribution in [1.29, 1.82) is 0 Å². The van der Waals surface area contributed by atoms with Gasteiger partial charge in [0.25, 0.3) is 0 Å². The van der Waals surface area contributed by atoms with Crippen molar-refractivity contribution in [2.75, 3.05) is 34.9 Å². The number of aliphatic imine (C=N–C) groups is 1. The van der Waals surface area contributed by atoms with Gasteiger partial charge in [0, 0.05) is 26.1 Å². The standard InChI is InChI=1S/C22H31N3O3/c1-6-17(18-10-8-7-9-11-18)15-25-22(23-2)24-14-16-12-19(26-3)21(28-5)20(13-16)27-4/h7-13,17H,6,14-15H2,1-5H3,(H2,23,24,25). The van der Waals surface area contributed by atoms with Crippen LogP contribution >= 0.6 is 0 Å². The zero-order valence-electron chi connectivity index (χ0n) is 17.4. The normalized spacial score (nSPS) is 12.2. The molecule has 6 nitrogen and oxygen atoms in total. The molecule has 152 valence electrons. The molecule has 6 heteroatoms. The molecule has 0 radical (unpaired) electrons. The number of hydrogen-bond donors (Lipinski definition) is 2. The molecule has 2 aromatic carbocycles. The molecular formula is C22H31N3O3. The molecule has 0 fully saturated rings. The molecule has 2 N–H and O–H groups in total. The summed E-state index contributed by atoms with van der Waals surface area (Å²) in [4.78, 5) is 4.33. The summed E-state index contributed by atoms with van der Waals surface area (Å²) in [6.07, 6.45) is 1.06. The highest BCUT2D eigenvalue weighted by molar-refractivity contribution is 5.79. The van der Waals surface area contributed by atoms with Crippen molar-refractivity contribution >= 4 is 5.96 Å². The zero-order chi connectivity index (χ0) is 20.4. The van der Waals surface area contributed by atoms with Crippen LogP contribution in [0.4, 0.5) is 0 Å². The van der Waals surface area contributed by atoms with E-state index in [1.807, 2.05) is 18.2 Å². The molecule has 0 spiro atoms. The Labute approximate surface area is 167 Å². The van der Waals surface area contributed by atoms with E-state index in [0.717, 1.165) is 24.5 Å². The van der Waals surface area contributed by atoms with Crippen LogP contribution in [-0.2, 0) is 6.54 Å². The Morgan fingerprint density at radius 2 is 1.61 bits per heavy atom. The van der Waals surface area contributed by atoms with Gasteiger partial charge in [0.2, 0.25) is 5.75 Å². The average molecular weight is 386 g/mol. The SMILES string of the molecule is CCC(CNC(=NC)NCc1cc(OC)c(OC)c(OC)c1)c1ccccc1. The molecule has 28 heavy (non-hydrogen) atoms. The molecular weight excluding hydrogens is 354 g/mol. The van der Waals surface area contributed by atoms with Crippen LogP contribution in [0.5, 0.6) is 17.2 Å². The summed E-state index contributed by atoms with van der Waals surface area (Å²) in [5, 5.41) is 6.76. The van der Waals surface area contributed by atoms with Crippen molar-refractivity contribution in [3.05, 3.63) is 53.6 Å². The summed E-state index contributed by atoms with van der Waals surface area (Å²) < 4.78 is 16.2. The van der Waals surface area contributed by atoms with Gasteiger partial charge < -0.3 is 24.8 Å². The minimum Gasteiger partial charge on any atom is -0.493 e. The third kappa shape index (κ3) is 5.55. The molecule has 2 aromatic rings. The molecule has 0 aromatic heterocycles. The Hall–Kier alpha value is -2.89. The molecule has 0 heterocycles. The summed E-state index contributed by atoms with van der Waals surface area (Å²) in [6, 6.07) is 14.4. The molecule has 0 aliphatic carbocycles. The van der Waals surface area contributed by atoms with E-state index in [1.165, 1.54) is 5.56 Å². The number of guanidine groups is 1. The molecule has 2 rings (SSSR count). The van der Waals surface area contributed by atoms with E-state index in [1.54, 1.807) is 28.4 Å². The average Bonchev–Trinajstić information content (AvgIpc) is 2.75. The monoisotopic (exact) mass is 385 g/mol. The van der Waals surface area contributed by atoms with Crippen LogP contribution in [0.3, 0.4) is 0 Å². The molecule has 0 saturated carbocycles. The van der Waals surface area contributed by atoms with E-state index in [0.29, 0.717) is 29.7 Å². The first-order valence-corrected chi connectivity index (χ1v) is 9.45. The first kappa shape index (κ1) is 21.4. The minimum atomic E-state index is 0.431. The summed E-state index contributed by atoms with van der Waals surface area (Å²) >= 11 is 0. The van der Waals surface area contributed by atoms with Crippen LogP contribution in [0.2, 0.25) is 0 Å². The van der Waals surface area contributed by atoms with Crippen molar-refractivity contribution in [3.63, 3.8) is 0 Å². The first-order valence-electron chi connectivity index (χ1n) is 9.45. The van der Waals surface area contributed by atoms with E-state index in [9.17, 15) is 0 Å². The number of nitrogens with zero attached hydrogens (tertiary/aromatic N) is 1. The maximum Gasteiger partial charge on any atom is 0.203 e. The Morgan fingerprint density at radius 1 is 0.964 bits per heavy atom. The second kappa shape index (κ2) is 11.1. The van der Waals surface area contributed by atoms with Crippen LogP contribution in [0.1, 0.15) is 30.4 Å². The van der Waals surface area contributed by atoms with E-state index >= 15 is 0 Å². The Bertz CT molecular complexity index is 738. The quantitative estimate of drug-likeness (QED) is 0.510. The number of methoxy groups -OCH3 is 3. The molecule has 0 aliphatic heterocycles. The molecule has 1 unspecified atom stereocenters. The van der Waals surface area contributed by atoms with Gasteiger partial charge in [0.05, 0.1) is 21.3 Å². The van der Waals surface area contributed by atoms with Gasteiger partial charge in [-0.3, -0.25) is 4.99 Å². The van der Waals surface area contributed by atoms with Crippen LogP contribution in [0, 0.1) is 0 Å². The first-order chi connectivity index (χ1) is 13.7. The predicted molar refractivity (Wildman–Crippen MR) is 114 cm³/mol. The van der Waals surface area contributed by atoms with Gasteiger partial charge in [-0.15, -0.1) is 0 Å². The van der Waals surface area contributed by atoms with E-state index in [-0.39, 0.29) is 0 Å². The fourth-order valence-corrected chi connectivity index (χ4v) is 3.09. The largest absolute Gasteiger partial charge is 0.493 e.